The Morgan fingerprint density at radius 1 is 1.45 bits per heavy atom. The van der Waals surface area contributed by atoms with Crippen LogP contribution >= 0.6 is 0 Å². The van der Waals surface area contributed by atoms with Crippen LogP contribution in [0.15, 0.2) is 18.5 Å². The molecule has 0 saturated carbocycles. The molecule has 0 spiro atoms. The summed E-state index contributed by atoms with van der Waals surface area (Å²) in [4.78, 5) is 20.2. The molecule has 0 bridgehead atoms. The van der Waals surface area contributed by atoms with Gasteiger partial charge in [0.2, 0.25) is 0 Å². The Morgan fingerprint density at radius 2 is 2.20 bits per heavy atom. The third kappa shape index (κ3) is 2.36. The number of ether oxygens (including phenoxy) is 1. The van der Waals surface area contributed by atoms with Crippen molar-refractivity contribution in [2.75, 3.05) is 12.3 Å². The van der Waals surface area contributed by atoms with Crippen molar-refractivity contribution in [3.05, 3.63) is 35.5 Å². The van der Waals surface area contributed by atoms with Crippen molar-refractivity contribution in [1.82, 2.24) is 14.5 Å². The summed E-state index contributed by atoms with van der Waals surface area (Å²) in [6, 6.07) is 1.85. The van der Waals surface area contributed by atoms with Gasteiger partial charge in [0.1, 0.15) is 11.6 Å². The lowest BCUT2D eigenvalue weighted by molar-refractivity contribution is 0.0521. The lowest BCUT2D eigenvalue weighted by Crippen LogP contribution is -2.10. The highest BCUT2D eigenvalue weighted by atomic mass is 16.5. The predicted octanol–water partition coefficient (Wildman–Crippen LogP) is 1.90. The van der Waals surface area contributed by atoms with Gasteiger partial charge in [-0.25, -0.2) is 9.78 Å². The number of nitrogens with zero attached hydrogens (tertiary/aromatic N) is 3. The number of carbonyl (C=O) groups excluding carboxylic acids is 1. The second kappa shape index (κ2) is 5.73. The number of aryl methyl sites for hydroxylation is 2. The van der Waals surface area contributed by atoms with E-state index < -0.39 is 5.97 Å². The first kappa shape index (κ1) is 14.0. The van der Waals surface area contributed by atoms with Crippen LogP contribution in [0.25, 0.3) is 5.69 Å². The normalized spacial score (nSPS) is 10.6. The van der Waals surface area contributed by atoms with Crippen molar-refractivity contribution in [3.8, 4) is 5.69 Å². The molecular formula is C14H18N4O2. The molecule has 0 radical (unpaired) electrons. The number of rotatable bonds is 4. The van der Waals surface area contributed by atoms with Crippen molar-refractivity contribution in [2.45, 2.75) is 27.2 Å². The first-order valence-corrected chi connectivity index (χ1v) is 6.55. The van der Waals surface area contributed by atoms with Crippen LogP contribution in [0.2, 0.25) is 0 Å². The highest BCUT2D eigenvalue weighted by Gasteiger charge is 2.22. The van der Waals surface area contributed by atoms with Crippen LogP contribution in [0.4, 0.5) is 5.82 Å². The zero-order chi connectivity index (χ0) is 14.7. The van der Waals surface area contributed by atoms with Gasteiger partial charge in [0.25, 0.3) is 0 Å². The van der Waals surface area contributed by atoms with Crippen LogP contribution in [0.5, 0.6) is 0 Å². The van der Waals surface area contributed by atoms with Gasteiger partial charge in [0.05, 0.1) is 12.3 Å². The number of nitrogens with two attached hydrogens (primary N) is 1. The molecule has 0 atom stereocenters. The van der Waals surface area contributed by atoms with Crippen LogP contribution in [0.3, 0.4) is 0 Å². The Hall–Kier alpha value is -2.37. The average Bonchev–Trinajstić information content (AvgIpc) is 2.77. The van der Waals surface area contributed by atoms with Gasteiger partial charge >= 0.3 is 5.97 Å². The Labute approximate surface area is 117 Å². The number of aromatic nitrogens is 3. The molecule has 0 aliphatic heterocycles. The zero-order valence-corrected chi connectivity index (χ0v) is 11.9. The average molecular weight is 274 g/mol. The summed E-state index contributed by atoms with van der Waals surface area (Å²) in [6.07, 6.45) is 4.09. The summed E-state index contributed by atoms with van der Waals surface area (Å²) < 4.78 is 6.76. The molecule has 2 rings (SSSR count). The predicted molar refractivity (Wildman–Crippen MR) is 75.8 cm³/mol. The van der Waals surface area contributed by atoms with E-state index in [1.807, 2.05) is 19.9 Å². The fraction of sp³-hybridized carbons (Fsp3) is 0.357. The molecule has 0 amide bonds. The number of imidazole rings is 1. The largest absolute Gasteiger partial charge is 0.461 e. The third-order valence-corrected chi connectivity index (χ3v) is 3.00. The molecule has 106 valence electrons. The Morgan fingerprint density at radius 3 is 2.80 bits per heavy atom. The van der Waals surface area contributed by atoms with Crippen LogP contribution in [-0.2, 0) is 11.2 Å². The van der Waals surface area contributed by atoms with E-state index in [9.17, 15) is 4.79 Å². The molecule has 2 heterocycles. The van der Waals surface area contributed by atoms with Gasteiger partial charge in [-0.05, 0) is 25.5 Å². The molecule has 0 fully saturated rings. The van der Waals surface area contributed by atoms with E-state index in [1.165, 1.54) is 0 Å². The molecule has 0 unspecified atom stereocenters. The monoisotopic (exact) mass is 274 g/mol. The number of carbonyl (C=O) groups is 1. The van der Waals surface area contributed by atoms with Gasteiger partial charge in [-0.2, -0.15) is 0 Å². The van der Waals surface area contributed by atoms with Crippen molar-refractivity contribution >= 4 is 11.8 Å². The molecule has 0 aliphatic rings. The van der Waals surface area contributed by atoms with Gasteiger partial charge in [-0.15, -0.1) is 0 Å². The van der Waals surface area contributed by atoms with Crippen molar-refractivity contribution in [3.63, 3.8) is 0 Å². The summed E-state index contributed by atoms with van der Waals surface area (Å²) >= 11 is 0. The number of nitrogen functional groups attached to an aromatic ring is 1. The van der Waals surface area contributed by atoms with Crippen molar-refractivity contribution in [2.24, 2.45) is 0 Å². The Balaban J connectivity index is 2.59. The fourth-order valence-corrected chi connectivity index (χ4v) is 2.05. The summed E-state index contributed by atoms with van der Waals surface area (Å²) in [6.45, 7) is 5.94. The van der Waals surface area contributed by atoms with Crippen LogP contribution in [0.1, 0.15) is 35.7 Å². The van der Waals surface area contributed by atoms with Crippen LogP contribution in [0, 0.1) is 6.92 Å². The number of anilines is 1. The highest BCUT2D eigenvalue weighted by Crippen LogP contribution is 2.23. The zero-order valence-electron chi connectivity index (χ0n) is 11.9. The maximum atomic E-state index is 11.9. The smallest absolute Gasteiger partial charge is 0.360 e. The molecule has 0 aromatic carbocycles. The van der Waals surface area contributed by atoms with E-state index in [-0.39, 0.29) is 5.69 Å². The second-order valence-corrected chi connectivity index (χ2v) is 4.33. The van der Waals surface area contributed by atoms with Crippen LogP contribution in [-0.4, -0.2) is 27.1 Å². The fourth-order valence-electron chi connectivity index (χ4n) is 2.05. The van der Waals surface area contributed by atoms with E-state index in [4.69, 9.17) is 10.5 Å². The van der Waals surface area contributed by atoms with Crippen molar-refractivity contribution in [1.29, 1.82) is 0 Å². The summed E-state index contributed by atoms with van der Waals surface area (Å²) in [5, 5.41) is 0. The minimum atomic E-state index is -0.495. The van der Waals surface area contributed by atoms with Gasteiger partial charge in [-0.3, -0.25) is 9.55 Å². The quantitative estimate of drug-likeness (QED) is 0.861. The molecule has 6 heteroatoms. The molecule has 6 nitrogen and oxygen atoms in total. The topological polar surface area (TPSA) is 83.0 Å². The summed E-state index contributed by atoms with van der Waals surface area (Å²) in [5.74, 6) is 0.527. The first-order chi connectivity index (χ1) is 9.60. The second-order valence-electron chi connectivity index (χ2n) is 4.33. The van der Waals surface area contributed by atoms with Gasteiger partial charge in [-0.1, -0.05) is 6.92 Å². The molecule has 2 aromatic heterocycles. The molecule has 2 N–H and O–H groups in total. The standard InChI is InChI=1S/C14H18N4O2/c1-4-11-17-12(14(19)20-5-2)13(15)18(11)10-6-7-16-8-9(10)3/h6-8H,4-5,15H2,1-3H3. The van der Waals surface area contributed by atoms with E-state index in [1.54, 1.807) is 23.9 Å². The van der Waals surface area contributed by atoms with Gasteiger partial charge in [0, 0.05) is 18.8 Å². The lowest BCUT2D eigenvalue weighted by atomic mass is 10.2. The number of hydrogen-bond donors (Lipinski definition) is 1. The number of hydrogen-bond acceptors (Lipinski definition) is 5. The maximum Gasteiger partial charge on any atom is 0.360 e. The maximum absolute atomic E-state index is 11.9. The molecule has 2 aromatic rings. The highest BCUT2D eigenvalue weighted by molar-refractivity contribution is 5.92. The third-order valence-electron chi connectivity index (χ3n) is 3.00. The Bertz CT molecular complexity index is 634. The first-order valence-electron chi connectivity index (χ1n) is 6.55. The minimum absolute atomic E-state index is 0.167. The van der Waals surface area contributed by atoms with Crippen molar-refractivity contribution < 1.29 is 9.53 Å². The van der Waals surface area contributed by atoms with E-state index in [2.05, 4.69) is 9.97 Å². The van der Waals surface area contributed by atoms with Crippen LogP contribution < -0.4 is 5.73 Å². The summed E-state index contributed by atoms with van der Waals surface area (Å²) in [5.41, 5.74) is 8.09. The minimum Gasteiger partial charge on any atom is -0.461 e. The molecule has 0 aliphatic carbocycles. The molecule has 20 heavy (non-hydrogen) atoms. The number of pyridine rings is 1. The van der Waals surface area contributed by atoms with Gasteiger partial charge in [0.15, 0.2) is 5.69 Å². The van der Waals surface area contributed by atoms with E-state index >= 15 is 0 Å². The number of esters is 1. The Kier molecular flexibility index (Phi) is 4.02. The lowest BCUT2D eigenvalue weighted by Gasteiger charge is -2.11. The summed E-state index contributed by atoms with van der Waals surface area (Å²) in [7, 11) is 0. The van der Waals surface area contributed by atoms with E-state index in [0.717, 1.165) is 17.1 Å². The van der Waals surface area contributed by atoms with E-state index in [0.29, 0.717) is 18.8 Å². The molecule has 0 saturated heterocycles. The molecular weight excluding hydrogens is 256 g/mol. The van der Waals surface area contributed by atoms with Gasteiger partial charge < -0.3 is 10.5 Å². The SMILES string of the molecule is CCOC(=O)c1nc(CC)n(-c2ccncc2C)c1N.